The number of para-hydroxylation sites is 2. The molecule has 0 bridgehead atoms. The molecule has 0 amide bonds. The van der Waals surface area contributed by atoms with Crippen LogP contribution < -0.4 is 5.32 Å². The van der Waals surface area contributed by atoms with Crippen LogP contribution in [0.3, 0.4) is 0 Å². The van der Waals surface area contributed by atoms with Crippen LogP contribution in [0.5, 0.6) is 0 Å². The topological polar surface area (TPSA) is 117 Å². The minimum Gasteiger partial charge on any atom is -0.481 e. The monoisotopic (exact) mass is 349 g/mol. The Morgan fingerprint density at radius 1 is 1.23 bits per heavy atom. The van der Waals surface area contributed by atoms with Gasteiger partial charge in [0.25, 0.3) is 0 Å². The molecule has 0 aliphatic rings. The number of hydrogen-bond donors (Lipinski definition) is 3. The predicted octanol–water partition coefficient (Wildman–Crippen LogP) is 3.17. The first kappa shape index (κ1) is 15.8. The van der Waals surface area contributed by atoms with Gasteiger partial charge in [-0.15, -0.1) is 0 Å². The van der Waals surface area contributed by atoms with E-state index < -0.39 is 5.97 Å². The van der Waals surface area contributed by atoms with E-state index >= 15 is 0 Å². The van der Waals surface area contributed by atoms with Crippen LogP contribution in [-0.4, -0.2) is 37.8 Å². The molecule has 8 nitrogen and oxygen atoms in total. The van der Waals surface area contributed by atoms with Crippen LogP contribution in [0.25, 0.3) is 33.7 Å². The van der Waals surface area contributed by atoms with Gasteiger partial charge in [0, 0.05) is 30.1 Å². The van der Waals surface area contributed by atoms with Crippen molar-refractivity contribution in [3.8, 4) is 22.6 Å². The number of oxazole rings is 1. The van der Waals surface area contributed by atoms with Gasteiger partial charge >= 0.3 is 5.97 Å². The van der Waals surface area contributed by atoms with Crippen molar-refractivity contribution < 1.29 is 14.3 Å². The molecular weight excluding hydrogens is 334 g/mol. The number of carboxylic acid groups (broad SMARTS) is 1. The molecule has 3 N–H and O–H groups in total. The Morgan fingerprint density at radius 3 is 2.88 bits per heavy atom. The second-order valence-electron chi connectivity index (χ2n) is 5.66. The fraction of sp³-hybridized carbons (Fsp3) is 0.111. The molecule has 0 saturated carbocycles. The van der Waals surface area contributed by atoms with Gasteiger partial charge < -0.3 is 14.8 Å². The van der Waals surface area contributed by atoms with Crippen LogP contribution in [0.1, 0.15) is 6.42 Å². The van der Waals surface area contributed by atoms with E-state index in [-0.39, 0.29) is 13.0 Å². The number of aliphatic carboxylic acids is 1. The Kier molecular flexibility index (Phi) is 4.06. The minimum absolute atomic E-state index is 0.0157. The van der Waals surface area contributed by atoms with E-state index in [2.05, 4.69) is 25.5 Å². The number of fused-ring (bicyclic) bond motifs is 1. The Balaban J connectivity index is 1.77. The molecule has 0 radical (unpaired) electrons. The number of anilines is 1. The van der Waals surface area contributed by atoms with E-state index in [1.807, 2.05) is 30.3 Å². The first-order valence-corrected chi connectivity index (χ1v) is 8.01. The fourth-order valence-corrected chi connectivity index (χ4v) is 2.61. The third kappa shape index (κ3) is 3.12. The van der Waals surface area contributed by atoms with Gasteiger partial charge in [-0.25, -0.2) is 9.97 Å². The van der Waals surface area contributed by atoms with Gasteiger partial charge in [-0.05, 0) is 18.2 Å². The van der Waals surface area contributed by atoms with Gasteiger partial charge in [0.15, 0.2) is 5.58 Å². The Bertz CT molecular complexity index is 1020. The molecule has 3 heterocycles. The van der Waals surface area contributed by atoms with E-state index in [0.717, 1.165) is 16.6 Å². The third-order valence-electron chi connectivity index (χ3n) is 3.87. The second-order valence-corrected chi connectivity index (χ2v) is 5.66. The van der Waals surface area contributed by atoms with E-state index in [4.69, 9.17) is 9.52 Å². The van der Waals surface area contributed by atoms with Crippen LogP contribution >= 0.6 is 0 Å². The molecule has 0 aliphatic carbocycles. The zero-order valence-electron chi connectivity index (χ0n) is 13.6. The number of carbonyl (C=O) groups is 1. The molecule has 1 aromatic carbocycles. The molecule has 0 saturated heterocycles. The SMILES string of the molecule is O=C(O)CCNc1ncc(-c2cn[nH]c2)cc1-c1nc2ccccc2o1. The third-order valence-corrected chi connectivity index (χ3v) is 3.87. The van der Waals surface area contributed by atoms with E-state index in [1.165, 1.54) is 0 Å². The summed E-state index contributed by atoms with van der Waals surface area (Å²) in [6.07, 6.45) is 5.15. The van der Waals surface area contributed by atoms with Gasteiger partial charge in [0.05, 0.1) is 18.2 Å². The number of pyridine rings is 1. The first-order chi connectivity index (χ1) is 12.7. The number of nitrogens with one attached hydrogen (secondary N) is 2. The average Bonchev–Trinajstić information content (AvgIpc) is 3.31. The molecule has 8 heteroatoms. The van der Waals surface area contributed by atoms with Crippen LogP contribution in [-0.2, 0) is 4.79 Å². The number of carboxylic acids is 1. The number of rotatable bonds is 6. The summed E-state index contributed by atoms with van der Waals surface area (Å²) in [5.74, 6) is 0.0582. The van der Waals surface area contributed by atoms with Crippen molar-refractivity contribution in [3.63, 3.8) is 0 Å². The summed E-state index contributed by atoms with van der Waals surface area (Å²) in [5, 5.41) is 18.6. The van der Waals surface area contributed by atoms with Crippen LogP contribution in [0.4, 0.5) is 5.82 Å². The zero-order valence-corrected chi connectivity index (χ0v) is 13.6. The molecule has 3 aromatic heterocycles. The molecular formula is C18H15N5O3. The van der Waals surface area contributed by atoms with Gasteiger partial charge in [-0.2, -0.15) is 5.10 Å². The maximum atomic E-state index is 10.8. The summed E-state index contributed by atoms with van der Waals surface area (Å²) < 4.78 is 5.86. The lowest BCUT2D eigenvalue weighted by atomic mass is 10.1. The molecule has 0 fully saturated rings. The largest absolute Gasteiger partial charge is 0.481 e. The first-order valence-electron chi connectivity index (χ1n) is 8.01. The standard InChI is InChI=1S/C18H15N5O3/c24-16(25)5-6-19-17-13(7-11(8-20-17)12-9-21-22-10-12)18-23-14-3-1-2-4-15(14)26-18/h1-4,7-10H,5-6H2,(H,19,20)(H,21,22)(H,24,25). The van der Waals surface area contributed by atoms with Gasteiger partial charge in [-0.3, -0.25) is 9.89 Å². The lowest BCUT2D eigenvalue weighted by Gasteiger charge is -2.09. The number of benzene rings is 1. The molecule has 4 rings (SSSR count). The van der Waals surface area contributed by atoms with Gasteiger partial charge in [0.2, 0.25) is 5.89 Å². The van der Waals surface area contributed by atoms with Crippen LogP contribution in [0.15, 0.2) is 53.3 Å². The number of aromatic amines is 1. The van der Waals surface area contributed by atoms with Crippen molar-refractivity contribution >= 4 is 22.9 Å². The Hall–Kier alpha value is -3.68. The minimum atomic E-state index is -0.879. The number of H-pyrrole nitrogens is 1. The van der Waals surface area contributed by atoms with Crippen LogP contribution in [0.2, 0.25) is 0 Å². The lowest BCUT2D eigenvalue weighted by molar-refractivity contribution is -0.136. The van der Waals surface area contributed by atoms with Gasteiger partial charge in [0.1, 0.15) is 11.3 Å². The quantitative estimate of drug-likeness (QED) is 0.489. The maximum Gasteiger partial charge on any atom is 0.305 e. The Labute approximate surface area is 147 Å². The lowest BCUT2D eigenvalue weighted by Crippen LogP contribution is -2.09. The van der Waals surface area contributed by atoms with Crippen LogP contribution in [0, 0.1) is 0 Å². The van der Waals surface area contributed by atoms with Crippen molar-refractivity contribution in [2.45, 2.75) is 6.42 Å². The highest BCUT2D eigenvalue weighted by Crippen LogP contribution is 2.32. The van der Waals surface area contributed by atoms with E-state index in [1.54, 1.807) is 18.6 Å². The molecule has 4 aromatic rings. The number of nitrogens with zero attached hydrogens (tertiary/aromatic N) is 3. The van der Waals surface area contributed by atoms with Crippen molar-refractivity contribution in [2.75, 3.05) is 11.9 Å². The molecule has 0 spiro atoms. The fourth-order valence-electron chi connectivity index (χ4n) is 2.61. The highest BCUT2D eigenvalue weighted by molar-refractivity contribution is 5.81. The van der Waals surface area contributed by atoms with Gasteiger partial charge in [-0.1, -0.05) is 12.1 Å². The smallest absolute Gasteiger partial charge is 0.305 e. The average molecular weight is 349 g/mol. The number of hydrogen-bond acceptors (Lipinski definition) is 6. The molecule has 130 valence electrons. The van der Waals surface area contributed by atoms with Crippen molar-refractivity contribution in [2.24, 2.45) is 0 Å². The summed E-state index contributed by atoms with van der Waals surface area (Å²) in [5.41, 5.74) is 3.80. The molecule has 26 heavy (non-hydrogen) atoms. The summed E-state index contributed by atoms with van der Waals surface area (Å²) in [7, 11) is 0. The van der Waals surface area contributed by atoms with Crippen molar-refractivity contribution in [1.82, 2.24) is 20.2 Å². The summed E-state index contributed by atoms with van der Waals surface area (Å²) >= 11 is 0. The highest BCUT2D eigenvalue weighted by atomic mass is 16.4. The summed E-state index contributed by atoms with van der Waals surface area (Å²) in [4.78, 5) is 19.7. The predicted molar refractivity (Wildman–Crippen MR) is 95.6 cm³/mol. The molecule has 0 atom stereocenters. The second kappa shape index (κ2) is 6.67. The van der Waals surface area contributed by atoms with E-state index in [9.17, 15) is 4.79 Å². The molecule has 0 unspecified atom stereocenters. The Morgan fingerprint density at radius 2 is 2.12 bits per heavy atom. The van der Waals surface area contributed by atoms with Crippen molar-refractivity contribution in [3.05, 3.63) is 48.9 Å². The summed E-state index contributed by atoms with van der Waals surface area (Å²) in [6, 6.07) is 9.37. The number of aromatic nitrogens is 4. The van der Waals surface area contributed by atoms with E-state index in [0.29, 0.717) is 22.9 Å². The highest BCUT2D eigenvalue weighted by Gasteiger charge is 2.15. The maximum absolute atomic E-state index is 10.8. The van der Waals surface area contributed by atoms with Crippen molar-refractivity contribution in [1.29, 1.82) is 0 Å². The zero-order chi connectivity index (χ0) is 17.9. The normalized spacial score (nSPS) is 10.9. The summed E-state index contributed by atoms with van der Waals surface area (Å²) in [6.45, 7) is 0.251. The molecule has 0 aliphatic heterocycles.